The van der Waals surface area contributed by atoms with Crippen molar-refractivity contribution >= 4 is 17.6 Å². The summed E-state index contributed by atoms with van der Waals surface area (Å²) in [7, 11) is 0. The molecule has 21 heavy (non-hydrogen) atoms. The summed E-state index contributed by atoms with van der Waals surface area (Å²) in [5.41, 5.74) is 0.499. The Morgan fingerprint density at radius 3 is 2.14 bits per heavy atom. The Hall–Kier alpha value is -2.21. The lowest BCUT2D eigenvalue weighted by Crippen LogP contribution is -2.19. The fourth-order valence-corrected chi connectivity index (χ4v) is 1.86. The van der Waals surface area contributed by atoms with Crippen LogP contribution < -0.4 is 4.74 Å². The molecule has 0 fully saturated rings. The van der Waals surface area contributed by atoms with Crippen LogP contribution in [0.25, 0.3) is 11.1 Å². The predicted octanol–water partition coefficient (Wildman–Crippen LogP) is 4.60. The van der Waals surface area contributed by atoms with E-state index in [-0.39, 0.29) is 0 Å². The molecule has 0 aliphatic rings. The number of halogens is 4. The molecular formula is C14H8ClF3O3. The molecule has 0 spiro atoms. The molecule has 1 N–H and O–H groups in total. The zero-order chi connectivity index (χ0) is 15.6. The number of benzene rings is 2. The molecule has 0 amide bonds. The molecule has 0 unspecified atom stereocenters. The van der Waals surface area contributed by atoms with Crippen LogP contribution in [-0.4, -0.2) is 17.4 Å². The molecule has 0 saturated carbocycles. The first-order valence-electron chi connectivity index (χ1n) is 5.65. The molecule has 7 heteroatoms. The van der Waals surface area contributed by atoms with Gasteiger partial charge in [0.2, 0.25) is 0 Å². The monoisotopic (exact) mass is 316 g/mol. The number of ether oxygens (including phenoxy) is 1. The van der Waals surface area contributed by atoms with Crippen LogP contribution in [0.2, 0.25) is 5.02 Å². The first kappa shape index (κ1) is 15.2. The summed E-state index contributed by atoms with van der Waals surface area (Å²) in [5, 5.41) is 9.50. The maximum atomic E-state index is 12.2. The Kier molecular flexibility index (Phi) is 4.09. The van der Waals surface area contributed by atoms with Crippen molar-refractivity contribution < 1.29 is 27.8 Å². The Balaban J connectivity index is 2.45. The van der Waals surface area contributed by atoms with Gasteiger partial charge in [-0.05, 0) is 35.4 Å². The Morgan fingerprint density at radius 2 is 1.62 bits per heavy atom. The molecule has 2 rings (SSSR count). The van der Waals surface area contributed by atoms with Crippen LogP contribution in [0.5, 0.6) is 5.75 Å². The topological polar surface area (TPSA) is 46.5 Å². The van der Waals surface area contributed by atoms with Crippen molar-refractivity contribution in [3.05, 3.63) is 53.1 Å². The van der Waals surface area contributed by atoms with Crippen molar-refractivity contribution in [1.29, 1.82) is 0 Å². The first-order valence-corrected chi connectivity index (χ1v) is 6.03. The van der Waals surface area contributed by atoms with Gasteiger partial charge in [-0.15, -0.1) is 13.2 Å². The number of alkyl halides is 3. The normalized spacial score (nSPS) is 11.2. The zero-order valence-corrected chi connectivity index (χ0v) is 11.1. The Labute approximate surface area is 122 Å². The van der Waals surface area contributed by atoms with Gasteiger partial charge < -0.3 is 9.84 Å². The number of hydrogen-bond acceptors (Lipinski definition) is 2. The molecular weight excluding hydrogens is 309 g/mol. The highest BCUT2D eigenvalue weighted by Gasteiger charge is 2.33. The standard InChI is InChI=1S/C14H8ClF3O3/c15-10-4-1-8(2-5-10)9-3-6-12(21-14(16,17)18)11(7-9)13(19)20/h1-7H,(H,19,20). The van der Waals surface area contributed by atoms with E-state index in [0.717, 1.165) is 12.1 Å². The van der Waals surface area contributed by atoms with E-state index in [0.29, 0.717) is 16.1 Å². The fraction of sp³-hybridized carbons (Fsp3) is 0.0714. The summed E-state index contributed by atoms with van der Waals surface area (Å²) in [6.07, 6.45) is -4.95. The van der Waals surface area contributed by atoms with Gasteiger partial charge in [0.05, 0.1) is 0 Å². The van der Waals surface area contributed by atoms with Gasteiger partial charge in [-0.1, -0.05) is 29.8 Å². The molecule has 0 aliphatic heterocycles. The average Bonchev–Trinajstić information content (AvgIpc) is 2.38. The fourth-order valence-electron chi connectivity index (χ4n) is 1.73. The molecule has 0 radical (unpaired) electrons. The summed E-state index contributed by atoms with van der Waals surface area (Å²) < 4.78 is 40.4. The van der Waals surface area contributed by atoms with Crippen molar-refractivity contribution in [1.82, 2.24) is 0 Å². The van der Waals surface area contributed by atoms with Gasteiger partial charge >= 0.3 is 12.3 Å². The van der Waals surface area contributed by atoms with Crippen molar-refractivity contribution in [2.45, 2.75) is 6.36 Å². The van der Waals surface area contributed by atoms with E-state index in [2.05, 4.69) is 4.74 Å². The molecule has 0 bridgehead atoms. The second kappa shape index (κ2) is 5.65. The van der Waals surface area contributed by atoms with Crippen LogP contribution in [0.1, 0.15) is 10.4 Å². The minimum Gasteiger partial charge on any atom is -0.478 e. The number of carboxylic acid groups (broad SMARTS) is 1. The van der Waals surface area contributed by atoms with Crippen LogP contribution in [0.15, 0.2) is 42.5 Å². The van der Waals surface area contributed by atoms with Crippen molar-refractivity contribution in [3.63, 3.8) is 0 Å². The van der Waals surface area contributed by atoms with E-state index in [9.17, 15) is 18.0 Å². The molecule has 0 atom stereocenters. The van der Waals surface area contributed by atoms with Crippen LogP contribution in [0.3, 0.4) is 0 Å². The second-order valence-electron chi connectivity index (χ2n) is 4.07. The molecule has 0 heterocycles. The van der Waals surface area contributed by atoms with Gasteiger partial charge in [0.1, 0.15) is 11.3 Å². The maximum absolute atomic E-state index is 12.2. The second-order valence-corrected chi connectivity index (χ2v) is 4.51. The smallest absolute Gasteiger partial charge is 0.478 e. The van der Waals surface area contributed by atoms with Gasteiger partial charge in [-0.25, -0.2) is 4.79 Å². The summed E-state index contributed by atoms with van der Waals surface area (Å²) in [4.78, 5) is 11.1. The first-order chi connectivity index (χ1) is 9.76. The van der Waals surface area contributed by atoms with E-state index in [1.807, 2.05) is 0 Å². The molecule has 2 aromatic carbocycles. The third-order valence-electron chi connectivity index (χ3n) is 2.61. The highest BCUT2D eigenvalue weighted by Crippen LogP contribution is 2.31. The summed E-state index contributed by atoms with van der Waals surface area (Å²) in [5.74, 6) is -2.27. The third-order valence-corrected chi connectivity index (χ3v) is 2.87. The van der Waals surface area contributed by atoms with E-state index in [4.69, 9.17) is 16.7 Å². The minimum atomic E-state index is -4.95. The van der Waals surface area contributed by atoms with E-state index in [1.54, 1.807) is 24.3 Å². The SMILES string of the molecule is O=C(O)c1cc(-c2ccc(Cl)cc2)ccc1OC(F)(F)F. The van der Waals surface area contributed by atoms with Gasteiger partial charge in [0, 0.05) is 5.02 Å². The average molecular weight is 317 g/mol. The van der Waals surface area contributed by atoms with Crippen LogP contribution in [-0.2, 0) is 0 Å². The summed E-state index contributed by atoms with van der Waals surface area (Å²) in [6, 6.07) is 9.89. The number of hydrogen-bond donors (Lipinski definition) is 1. The Morgan fingerprint density at radius 1 is 1.05 bits per heavy atom. The molecule has 2 aromatic rings. The molecule has 0 aromatic heterocycles. The molecule has 110 valence electrons. The predicted molar refractivity (Wildman–Crippen MR) is 70.5 cm³/mol. The lowest BCUT2D eigenvalue weighted by Gasteiger charge is -2.12. The molecule has 0 saturated heterocycles. The largest absolute Gasteiger partial charge is 0.573 e. The van der Waals surface area contributed by atoms with Crippen molar-refractivity contribution in [3.8, 4) is 16.9 Å². The van der Waals surface area contributed by atoms with Gasteiger partial charge in [0.15, 0.2) is 0 Å². The van der Waals surface area contributed by atoms with Gasteiger partial charge in [0.25, 0.3) is 0 Å². The van der Waals surface area contributed by atoms with Crippen LogP contribution in [0, 0.1) is 0 Å². The van der Waals surface area contributed by atoms with E-state index >= 15 is 0 Å². The van der Waals surface area contributed by atoms with Gasteiger partial charge in [-0.2, -0.15) is 0 Å². The number of aromatic carboxylic acids is 1. The van der Waals surface area contributed by atoms with E-state index < -0.39 is 23.6 Å². The summed E-state index contributed by atoms with van der Waals surface area (Å²) in [6.45, 7) is 0. The highest BCUT2D eigenvalue weighted by atomic mass is 35.5. The van der Waals surface area contributed by atoms with Crippen molar-refractivity contribution in [2.75, 3.05) is 0 Å². The highest BCUT2D eigenvalue weighted by molar-refractivity contribution is 6.30. The minimum absolute atomic E-state index is 0.443. The van der Waals surface area contributed by atoms with E-state index in [1.165, 1.54) is 6.07 Å². The quantitative estimate of drug-likeness (QED) is 0.900. The number of carboxylic acids is 1. The Bertz CT molecular complexity index is 666. The van der Waals surface area contributed by atoms with Crippen LogP contribution >= 0.6 is 11.6 Å². The third kappa shape index (κ3) is 3.88. The zero-order valence-electron chi connectivity index (χ0n) is 10.3. The van der Waals surface area contributed by atoms with Crippen LogP contribution in [0.4, 0.5) is 13.2 Å². The van der Waals surface area contributed by atoms with Crippen molar-refractivity contribution in [2.24, 2.45) is 0 Å². The number of carbonyl (C=O) groups is 1. The maximum Gasteiger partial charge on any atom is 0.573 e. The lowest BCUT2D eigenvalue weighted by molar-refractivity contribution is -0.274. The number of rotatable bonds is 3. The van der Waals surface area contributed by atoms with Gasteiger partial charge in [-0.3, -0.25) is 0 Å². The molecule has 0 aliphatic carbocycles. The summed E-state index contributed by atoms with van der Waals surface area (Å²) >= 11 is 5.74. The molecule has 3 nitrogen and oxygen atoms in total. The lowest BCUT2D eigenvalue weighted by atomic mass is 10.0.